The molecule has 0 saturated carbocycles. The lowest BCUT2D eigenvalue weighted by Crippen LogP contribution is -1.87. The summed E-state index contributed by atoms with van der Waals surface area (Å²) in [4.78, 5) is 4.49. The smallest absolute Gasteiger partial charge is 0.127 e. The molecule has 3 heteroatoms. The Hall–Kier alpha value is -3.07. The first kappa shape index (κ1) is 16.8. The number of phenols is 1. The second kappa shape index (κ2) is 7.22. The molecule has 0 heterocycles. The monoisotopic (exact) mass is 331 g/mol. The van der Waals surface area contributed by atoms with Crippen LogP contribution in [0.4, 0.5) is 5.69 Å². The second-order valence-electron chi connectivity index (χ2n) is 6.17. The van der Waals surface area contributed by atoms with E-state index in [1.807, 2.05) is 81.4 Å². The van der Waals surface area contributed by atoms with Crippen molar-refractivity contribution in [3.63, 3.8) is 0 Å². The molecule has 0 radical (unpaired) electrons. The summed E-state index contributed by atoms with van der Waals surface area (Å²) in [6, 6.07) is 19.4. The molecular formula is C22H21NO2. The van der Waals surface area contributed by atoms with Crippen LogP contribution in [0.1, 0.15) is 22.3 Å². The Bertz CT molecular complexity index is 871. The number of benzene rings is 3. The van der Waals surface area contributed by atoms with Gasteiger partial charge in [-0.15, -0.1) is 0 Å². The molecule has 25 heavy (non-hydrogen) atoms. The van der Waals surface area contributed by atoms with Gasteiger partial charge in [0.15, 0.2) is 0 Å². The molecule has 3 nitrogen and oxygen atoms in total. The maximum atomic E-state index is 9.82. The first-order chi connectivity index (χ1) is 12.0. The highest BCUT2D eigenvalue weighted by Gasteiger charge is 2.02. The molecule has 0 amide bonds. The second-order valence-corrected chi connectivity index (χ2v) is 6.17. The normalized spacial score (nSPS) is 11.0. The zero-order valence-corrected chi connectivity index (χ0v) is 14.7. The molecule has 0 aliphatic rings. The van der Waals surface area contributed by atoms with Crippen molar-refractivity contribution in [3.05, 3.63) is 82.9 Å². The minimum atomic E-state index is 0.342. The van der Waals surface area contributed by atoms with E-state index >= 15 is 0 Å². The molecule has 3 aromatic carbocycles. The number of hydrogen-bond acceptors (Lipinski definition) is 3. The molecule has 0 spiro atoms. The quantitative estimate of drug-likeness (QED) is 0.608. The summed E-state index contributed by atoms with van der Waals surface area (Å²) in [5.74, 6) is 1.94. The maximum absolute atomic E-state index is 9.82. The number of aryl methyl sites for hydroxylation is 3. The van der Waals surface area contributed by atoms with Crippen LogP contribution < -0.4 is 4.74 Å². The highest BCUT2D eigenvalue weighted by atomic mass is 16.5. The third-order valence-corrected chi connectivity index (χ3v) is 3.97. The molecule has 126 valence electrons. The largest absolute Gasteiger partial charge is 0.507 e. The van der Waals surface area contributed by atoms with Gasteiger partial charge in [-0.1, -0.05) is 17.7 Å². The van der Waals surface area contributed by atoms with Crippen molar-refractivity contribution < 1.29 is 9.84 Å². The van der Waals surface area contributed by atoms with E-state index in [9.17, 15) is 5.11 Å². The number of hydrogen-bond donors (Lipinski definition) is 1. The van der Waals surface area contributed by atoms with Gasteiger partial charge in [0.1, 0.15) is 17.2 Å². The van der Waals surface area contributed by atoms with Gasteiger partial charge in [-0.05, 0) is 86.0 Å². The van der Waals surface area contributed by atoms with Crippen molar-refractivity contribution >= 4 is 11.9 Å². The fourth-order valence-corrected chi connectivity index (χ4v) is 2.56. The van der Waals surface area contributed by atoms with Crippen molar-refractivity contribution in [1.29, 1.82) is 0 Å². The predicted octanol–water partition coefficient (Wildman–Crippen LogP) is 5.86. The molecule has 0 saturated heterocycles. The van der Waals surface area contributed by atoms with E-state index in [0.29, 0.717) is 5.75 Å². The standard InChI is InChI=1S/C22H21NO2/c1-15-4-8-20(9-5-15)25-21-10-6-19(7-11-21)23-14-18-12-16(2)22(24)17(3)13-18/h4-14,24H,1-3H3. The first-order valence-corrected chi connectivity index (χ1v) is 8.20. The Morgan fingerprint density at radius 1 is 0.800 bits per heavy atom. The lowest BCUT2D eigenvalue weighted by atomic mass is 10.1. The van der Waals surface area contributed by atoms with Crippen molar-refractivity contribution in [1.82, 2.24) is 0 Å². The van der Waals surface area contributed by atoms with Crippen molar-refractivity contribution in [3.8, 4) is 17.2 Å². The van der Waals surface area contributed by atoms with Gasteiger partial charge in [0.05, 0.1) is 5.69 Å². The number of phenolic OH excluding ortho intramolecular Hbond substituents is 1. The molecule has 3 rings (SSSR count). The molecule has 0 aromatic heterocycles. The fourth-order valence-electron chi connectivity index (χ4n) is 2.56. The van der Waals surface area contributed by atoms with Gasteiger partial charge in [0.25, 0.3) is 0 Å². The Balaban J connectivity index is 1.71. The third-order valence-electron chi connectivity index (χ3n) is 3.97. The zero-order valence-electron chi connectivity index (χ0n) is 14.7. The summed E-state index contributed by atoms with van der Waals surface area (Å²) >= 11 is 0. The van der Waals surface area contributed by atoms with E-state index in [1.54, 1.807) is 6.21 Å². The average molecular weight is 331 g/mol. The highest BCUT2D eigenvalue weighted by molar-refractivity contribution is 5.83. The third kappa shape index (κ3) is 4.27. The molecule has 1 N–H and O–H groups in total. The summed E-state index contributed by atoms with van der Waals surface area (Å²) in [6.07, 6.45) is 1.80. The highest BCUT2D eigenvalue weighted by Crippen LogP contribution is 2.25. The molecule has 0 atom stereocenters. The molecule has 3 aromatic rings. The van der Waals surface area contributed by atoms with Crippen LogP contribution in [0.15, 0.2) is 65.7 Å². The number of aromatic hydroxyl groups is 1. The van der Waals surface area contributed by atoms with E-state index < -0.39 is 0 Å². The minimum absolute atomic E-state index is 0.342. The Morgan fingerprint density at radius 3 is 1.88 bits per heavy atom. The van der Waals surface area contributed by atoms with Crippen LogP contribution in [0.2, 0.25) is 0 Å². The number of nitrogens with zero attached hydrogens (tertiary/aromatic N) is 1. The van der Waals surface area contributed by atoms with E-state index in [0.717, 1.165) is 33.9 Å². The van der Waals surface area contributed by atoms with Crippen molar-refractivity contribution in [2.45, 2.75) is 20.8 Å². The van der Waals surface area contributed by atoms with E-state index in [-0.39, 0.29) is 0 Å². The summed E-state index contributed by atoms with van der Waals surface area (Å²) in [7, 11) is 0. The number of ether oxygens (including phenoxy) is 1. The van der Waals surface area contributed by atoms with Gasteiger partial charge in [-0.3, -0.25) is 4.99 Å². The van der Waals surface area contributed by atoms with E-state index in [4.69, 9.17) is 4.74 Å². The molecule has 0 aliphatic carbocycles. The summed E-state index contributed by atoms with van der Waals surface area (Å²) in [5, 5.41) is 9.82. The van der Waals surface area contributed by atoms with Gasteiger partial charge in [0.2, 0.25) is 0 Å². The average Bonchev–Trinajstić information content (AvgIpc) is 2.61. The zero-order chi connectivity index (χ0) is 17.8. The van der Waals surface area contributed by atoms with E-state index in [2.05, 4.69) is 4.99 Å². The summed E-state index contributed by atoms with van der Waals surface area (Å²) in [5.41, 5.74) is 4.72. The van der Waals surface area contributed by atoms with Gasteiger partial charge >= 0.3 is 0 Å². The Labute approximate surface area is 148 Å². The van der Waals surface area contributed by atoms with Crippen molar-refractivity contribution in [2.75, 3.05) is 0 Å². The van der Waals surface area contributed by atoms with Gasteiger partial charge in [0, 0.05) is 6.21 Å². The van der Waals surface area contributed by atoms with Crippen molar-refractivity contribution in [2.24, 2.45) is 4.99 Å². The van der Waals surface area contributed by atoms with Gasteiger partial charge in [-0.2, -0.15) is 0 Å². The van der Waals surface area contributed by atoms with E-state index in [1.165, 1.54) is 5.56 Å². The minimum Gasteiger partial charge on any atom is -0.507 e. The molecular weight excluding hydrogens is 310 g/mol. The van der Waals surface area contributed by atoms with Crippen LogP contribution in [0.25, 0.3) is 0 Å². The summed E-state index contributed by atoms with van der Waals surface area (Å²) in [6.45, 7) is 5.82. The van der Waals surface area contributed by atoms with Crippen LogP contribution in [0.3, 0.4) is 0 Å². The lowest BCUT2D eigenvalue weighted by Gasteiger charge is -2.06. The predicted molar refractivity (Wildman–Crippen MR) is 103 cm³/mol. The number of aliphatic imine (C=N–C) groups is 1. The Morgan fingerprint density at radius 2 is 1.32 bits per heavy atom. The summed E-state index contributed by atoms with van der Waals surface area (Å²) < 4.78 is 5.82. The topological polar surface area (TPSA) is 41.8 Å². The molecule has 0 fully saturated rings. The molecule has 0 unspecified atom stereocenters. The maximum Gasteiger partial charge on any atom is 0.127 e. The van der Waals surface area contributed by atoms with Crippen LogP contribution in [0, 0.1) is 20.8 Å². The molecule has 0 bridgehead atoms. The van der Waals surface area contributed by atoms with Gasteiger partial charge in [-0.25, -0.2) is 0 Å². The fraction of sp³-hybridized carbons (Fsp3) is 0.136. The van der Waals surface area contributed by atoms with Crippen LogP contribution in [-0.2, 0) is 0 Å². The SMILES string of the molecule is Cc1ccc(Oc2ccc(N=Cc3cc(C)c(O)c(C)c3)cc2)cc1. The lowest BCUT2D eigenvalue weighted by molar-refractivity contribution is 0.467. The van der Waals surface area contributed by atoms with Crippen LogP contribution in [-0.4, -0.2) is 11.3 Å². The van der Waals surface area contributed by atoms with Crippen LogP contribution >= 0.6 is 0 Å². The van der Waals surface area contributed by atoms with Crippen LogP contribution in [0.5, 0.6) is 17.2 Å². The number of rotatable bonds is 4. The van der Waals surface area contributed by atoms with Gasteiger partial charge < -0.3 is 9.84 Å². The Kier molecular flexibility index (Phi) is 4.85. The molecule has 0 aliphatic heterocycles. The first-order valence-electron chi connectivity index (χ1n) is 8.20.